The van der Waals surface area contributed by atoms with E-state index in [0.717, 1.165) is 16.5 Å². The van der Waals surface area contributed by atoms with Gasteiger partial charge in [-0.05, 0) is 54.9 Å². The number of nitrogens with two attached hydrogens (primary N) is 1. The summed E-state index contributed by atoms with van der Waals surface area (Å²) in [4.78, 5) is 0. The van der Waals surface area contributed by atoms with Crippen molar-refractivity contribution in [3.05, 3.63) is 62.8 Å². The van der Waals surface area contributed by atoms with Crippen molar-refractivity contribution in [2.75, 3.05) is 6.54 Å². The van der Waals surface area contributed by atoms with Crippen LogP contribution in [0.4, 0.5) is 4.39 Å². The fourth-order valence-electron chi connectivity index (χ4n) is 1.80. The van der Waals surface area contributed by atoms with Crippen molar-refractivity contribution in [2.24, 2.45) is 5.73 Å². The van der Waals surface area contributed by atoms with E-state index in [-0.39, 0.29) is 12.4 Å². The number of hydrogen-bond donors (Lipinski definition) is 1. The maximum atomic E-state index is 13.2. The smallest absolute Gasteiger partial charge is 0.123 e. The molecule has 0 fully saturated rings. The van der Waals surface area contributed by atoms with Gasteiger partial charge in [-0.15, -0.1) is 0 Å². The molecule has 0 aliphatic heterocycles. The van der Waals surface area contributed by atoms with Gasteiger partial charge in [-0.3, -0.25) is 0 Å². The minimum absolute atomic E-state index is 0.223. The number of benzene rings is 2. The molecule has 20 heavy (non-hydrogen) atoms. The molecular formula is C15H14BrClFNO. The van der Waals surface area contributed by atoms with Crippen molar-refractivity contribution < 1.29 is 9.13 Å². The van der Waals surface area contributed by atoms with Crippen LogP contribution < -0.4 is 10.5 Å². The second kappa shape index (κ2) is 7.07. The molecule has 2 aromatic rings. The standard InChI is InChI=1S/C15H14BrClFNO/c16-14-3-2-13(8-10(14)5-6-19)20-9-11-7-12(18)1-4-15(11)17/h1-4,7-8H,5-6,9,19H2. The summed E-state index contributed by atoms with van der Waals surface area (Å²) in [5, 5.41) is 0.491. The van der Waals surface area contributed by atoms with E-state index in [1.165, 1.54) is 18.2 Å². The molecule has 106 valence electrons. The Morgan fingerprint density at radius 2 is 1.95 bits per heavy atom. The third-order valence-corrected chi connectivity index (χ3v) is 3.98. The molecule has 5 heteroatoms. The summed E-state index contributed by atoms with van der Waals surface area (Å²) in [6, 6.07) is 9.90. The first kappa shape index (κ1) is 15.3. The van der Waals surface area contributed by atoms with Crippen molar-refractivity contribution in [3.8, 4) is 5.75 Å². The Kier molecular flexibility index (Phi) is 5.40. The van der Waals surface area contributed by atoms with E-state index in [1.807, 2.05) is 18.2 Å². The van der Waals surface area contributed by atoms with Gasteiger partial charge in [-0.25, -0.2) is 4.39 Å². The molecule has 0 saturated heterocycles. The molecule has 0 amide bonds. The molecule has 2 aromatic carbocycles. The van der Waals surface area contributed by atoms with E-state index in [0.29, 0.717) is 22.9 Å². The minimum Gasteiger partial charge on any atom is -0.489 e. The molecule has 2 rings (SSSR count). The van der Waals surface area contributed by atoms with Crippen LogP contribution in [-0.4, -0.2) is 6.54 Å². The lowest BCUT2D eigenvalue weighted by Crippen LogP contribution is -2.04. The van der Waals surface area contributed by atoms with Crippen molar-refractivity contribution in [2.45, 2.75) is 13.0 Å². The molecule has 0 saturated carbocycles. The lowest BCUT2D eigenvalue weighted by Gasteiger charge is -2.10. The monoisotopic (exact) mass is 357 g/mol. The van der Waals surface area contributed by atoms with Gasteiger partial charge in [-0.2, -0.15) is 0 Å². The zero-order valence-electron chi connectivity index (χ0n) is 10.7. The summed E-state index contributed by atoms with van der Waals surface area (Å²) in [6.07, 6.45) is 0.762. The normalized spacial score (nSPS) is 10.6. The van der Waals surface area contributed by atoms with Gasteiger partial charge in [0, 0.05) is 15.1 Å². The number of hydrogen-bond acceptors (Lipinski definition) is 2. The van der Waals surface area contributed by atoms with Crippen molar-refractivity contribution in [1.29, 1.82) is 0 Å². The van der Waals surface area contributed by atoms with Crippen LogP contribution in [0, 0.1) is 5.82 Å². The second-order valence-corrected chi connectivity index (χ2v) is 5.58. The fraction of sp³-hybridized carbons (Fsp3) is 0.200. The SMILES string of the molecule is NCCc1cc(OCc2cc(F)ccc2Cl)ccc1Br. The van der Waals surface area contributed by atoms with Crippen molar-refractivity contribution in [3.63, 3.8) is 0 Å². The van der Waals surface area contributed by atoms with Crippen LogP contribution in [0.1, 0.15) is 11.1 Å². The maximum Gasteiger partial charge on any atom is 0.123 e. The molecule has 0 unspecified atom stereocenters. The fourth-order valence-corrected chi connectivity index (χ4v) is 2.42. The highest BCUT2D eigenvalue weighted by Crippen LogP contribution is 2.25. The minimum atomic E-state index is -0.326. The van der Waals surface area contributed by atoms with Crippen LogP contribution in [0.2, 0.25) is 5.02 Å². The first-order valence-corrected chi connectivity index (χ1v) is 7.32. The first-order chi connectivity index (χ1) is 9.60. The van der Waals surface area contributed by atoms with Gasteiger partial charge in [0.2, 0.25) is 0 Å². The molecule has 2 N–H and O–H groups in total. The third kappa shape index (κ3) is 3.95. The van der Waals surface area contributed by atoms with E-state index < -0.39 is 0 Å². The molecule has 0 spiro atoms. The quantitative estimate of drug-likeness (QED) is 0.864. The lowest BCUT2D eigenvalue weighted by molar-refractivity contribution is 0.305. The van der Waals surface area contributed by atoms with Crippen LogP contribution in [0.5, 0.6) is 5.75 Å². The van der Waals surface area contributed by atoms with Crippen LogP contribution in [0.3, 0.4) is 0 Å². The Balaban J connectivity index is 2.10. The number of halogens is 3. The topological polar surface area (TPSA) is 35.2 Å². The van der Waals surface area contributed by atoms with Gasteiger partial charge in [-0.1, -0.05) is 27.5 Å². The van der Waals surface area contributed by atoms with E-state index in [4.69, 9.17) is 22.1 Å². The number of rotatable bonds is 5. The van der Waals surface area contributed by atoms with Crippen LogP contribution in [-0.2, 0) is 13.0 Å². The van der Waals surface area contributed by atoms with Gasteiger partial charge < -0.3 is 10.5 Å². The molecule has 0 aromatic heterocycles. The van der Waals surface area contributed by atoms with Gasteiger partial charge >= 0.3 is 0 Å². The van der Waals surface area contributed by atoms with E-state index in [1.54, 1.807) is 0 Å². The van der Waals surface area contributed by atoms with Crippen LogP contribution in [0.25, 0.3) is 0 Å². The summed E-state index contributed by atoms with van der Waals surface area (Å²) < 4.78 is 19.8. The van der Waals surface area contributed by atoms with E-state index in [9.17, 15) is 4.39 Å². The first-order valence-electron chi connectivity index (χ1n) is 6.15. The molecule has 0 radical (unpaired) electrons. The molecule has 0 heterocycles. The highest BCUT2D eigenvalue weighted by Gasteiger charge is 2.05. The summed E-state index contributed by atoms with van der Waals surface area (Å²) in [5.41, 5.74) is 7.26. The zero-order chi connectivity index (χ0) is 14.5. The summed E-state index contributed by atoms with van der Waals surface area (Å²) in [6.45, 7) is 0.790. The van der Waals surface area contributed by atoms with E-state index in [2.05, 4.69) is 15.9 Å². The Labute approximate surface area is 130 Å². The zero-order valence-corrected chi connectivity index (χ0v) is 13.0. The number of ether oxygens (including phenoxy) is 1. The summed E-state index contributed by atoms with van der Waals surface area (Å²) >= 11 is 9.46. The van der Waals surface area contributed by atoms with Gasteiger partial charge in [0.15, 0.2) is 0 Å². The average Bonchev–Trinajstić information content (AvgIpc) is 2.43. The largest absolute Gasteiger partial charge is 0.489 e. The van der Waals surface area contributed by atoms with Gasteiger partial charge in [0.25, 0.3) is 0 Å². The predicted molar refractivity (Wildman–Crippen MR) is 82.6 cm³/mol. The average molecular weight is 359 g/mol. The predicted octanol–water partition coefficient (Wildman–Crippen LogP) is 4.32. The van der Waals surface area contributed by atoms with Gasteiger partial charge in [0.1, 0.15) is 18.2 Å². The summed E-state index contributed by atoms with van der Waals surface area (Å²) in [7, 11) is 0. The Bertz CT molecular complexity index is 606. The molecule has 2 nitrogen and oxygen atoms in total. The third-order valence-electron chi connectivity index (χ3n) is 2.83. The molecular weight excluding hydrogens is 345 g/mol. The van der Waals surface area contributed by atoms with Gasteiger partial charge in [0.05, 0.1) is 0 Å². The molecule has 0 bridgehead atoms. The Morgan fingerprint density at radius 3 is 2.70 bits per heavy atom. The van der Waals surface area contributed by atoms with Crippen LogP contribution in [0.15, 0.2) is 40.9 Å². The van der Waals surface area contributed by atoms with Crippen molar-refractivity contribution in [1.82, 2.24) is 0 Å². The van der Waals surface area contributed by atoms with Crippen LogP contribution >= 0.6 is 27.5 Å². The van der Waals surface area contributed by atoms with Crippen molar-refractivity contribution >= 4 is 27.5 Å². The highest BCUT2D eigenvalue weighted by molar-refractivity contribution is 9.10. The highest BCUT2D eigenvalue weighted by atomic mass is 79.9. The molecule has 0 atom stereocenters. The molecule has 0 aliphatic rings. The Morgan fingerprint density at radius 1 is 1.15 bits per heavy atom. The second-order valence-electron chi connectivity index (χ2n) is 4.32. The molecule has 0 aliphatic carbocycles. The Hall–Kier alpha value is -1.10. The maximum absolute atomic E-state index is 13.2. The summed E-state index contributed by atoms with van der Waals surface area (Å²) in [5.74, 6) is 0.379. The van der Waals surface area contributed by atoms with E-state index >= 15 is 0 Å². The lowest BCUT2D eigenvalue weighted by atomic mass is 10.1.